The fourth-order valence-corrected chi connectivity index (χ4v) is 5.61. The Morgan fingerprint density at radius 2 is 1.12 bits per heavy atom. The number of nitro benzene ring substituents is 2. The zero-order chi connectivity index (χ0) is 31.2. The van der Waals surface area contributed by atoms with Gasteiger partial charge in [0.25, 0.3) is 23.1 Å². The number of hydrogen-bond acceptors (Lipinski definition) is 7. The number of hydrogen-bond donors (Lipinski definition) is 1. The summed E-state index contributed by atoms with van der Waals surface area (Å²) in [5, 5.41) is 33.4. The van der Waals surface area contributed by atoms with Crippen LogP contribution in [-0.4, -0.2) is 38.1 Å². The lowest BCUT2D eigenvalue weighted by Gasteiger charge is -2.25. The molecule has 1 atom stereocenters. The van der Waals surface area contributed by atoms with Crippen LogP contribution in [0.2, 0.25) is 0 Å². The molecule has 232 valence electrons. The van der Waals surface area contributed by atoms with Crippen LogP contribution in [0.5, 0.6) is 0 Å². The predicted octanol–water partition coefficient (Wildman–Crippen LogP) is 8.41. The molecule has 1 amide bonds. The third-order valence-electron chi connectivity index (χ3n) is 8.06. The highest BCUT2D eigenvalue weighted by atomic mass is 16.6. The zero-order valence-electron chi connectivity index (χ0n) is 25.0. The van der Waals surface area contributed by atoms with Crippen molar-refractivity contribution >= 4 is 28.8 Å². The van der Waals surface area contributed by atoms with Crippen LogP contribution in [0.25, 0.3) is 5.76 Å². The van der Waals surface area contributed by atoms with Crippen LogP contribution < -0.4 is 0 Å². The molecule has 2 aromatic carbocycles. The van der Waals surface area contributed by atoms with Crippen molar-refractivity contribution in [2.75, 3.05) is 6.54 Å². The second kappa shape index (κ2) is 17.1. The number of carbonyl (C=O) groups is 2. The Morgan fingerprint density at radius 1 is 0.698 bits per heavy atom. The van der Waals surface area contributed by atoms with Gasteiger partial charge in [-0.1, -0.05) is 90.4 Å². The average molecular weight is 594 g/mol. The van der Waals surface area contributed by atoms with Gasteiger partial charge in [0.15, 0.2) is 0 Å². The predicted molar refractivity (Wildman–Crippen MR) is 166 cm³/mol. The minimum atomic E-state index is -0.932. The molecule has 1 heterocycles. The molecule has 1 unspecified atom stereocenters. The van der Waals surface area contributed by atoms with Crippen LogP contribution in [0.4, 0.5) is 11.4 Å². The summed E-state index contributed by atoms with van der Waals surface area (Å²) in [6.07, 6.45) is 16.6. The number of benzene rings is 2. The number of rotatable bonds is 19. The SMILES string of the molecule is CCCCCCCCCCCCCCCCN1C(=O)C(=O)C(=C(O)c2ccc([N+](=O)[O-])cc2)C1c1ccc([N+](=O)[O-])cc1. The van der Waals surface area contributed by atoms with Gasteiger partial charge in [-0.25, -0.2) is 0 Å². The Morgan fingerprint density at radius 3 is 1.56 bits per heavy atom. The Balaban J connectivity index is 1.62. The molecule has 0 bridgehead atoms. The summed E-state index contributed by atoms with van der Waals surface area (Å²) in [7, 11) is 0. The van der Waals surface area contributed by atoms with Gasteiger partial charge in [-0.15, -0.1) is 0 Å². The number of nitrogens with zero attached hydrogens (tertiary/aromatic N) is 3. The van der Waals surface area contributed by atoms with E-state index in [1.165, 1.54) is 118 Å². The van der Waals surface area contributed by atoms with E-state index >= 15 is 0 Å². The molecule has 10 heteroatoms. The highest BCUT2D eigenvalue weighted by Crippen LogP contribution is 2.40. The van der Waals surface area contributed by atoms with Crippen LogP contribution in [0.15, 0.2) is 54.1 Å². The monoisotopic (exact) mass is 593 g/mol. The van der Waals surface area contributed by atoms with Crippen LogP contribution in [0.3, 0.4) is 0 Å². The third kappa shape index (κ3) is 9.46. The number of Topliss-reactive ketones (excluding diaryl/α,β-unsaturated/α-hetero) is 1. The molecule has 43 heavy (non-hydrogen) atoms. The van der Waals surface area contributed by atoms with E-state index in [1.54, 1.807) is 0 Å². The Hall–Kier alpha value is -4.08. The number of unbranched alkanes of at least 4 members (excludes halogenated alkanes) is 13. The summed E-state index contributed by atoms with van der Waals surface area (Å²) in [4.78, 5) is 48.9. The standard InChI is InChI=1S/C33H43N3O7/c1-2-3-4-5-6-7-8-9-10-11-12-13-14-15-24-34-30(25-16-20-27(21-17-25)35(40)41)29(32(38)33(34)39)31(37)26-18-22-28(23-19-26)36(42)43/h16-23,30,37H,2-15,24H2,1H3. The second-order valence-corrected chi connectivity index (χ2v) is 11.2. The van der Waals surface area contributed by atoms with Crippen molar-refractivity contribution in [2.45, 2.75) is 103 Å². The van der Waals surface area contributed by atoms with Crippen molar-refractivity contribution in [1.82, 2.24) is 4.90 Å². The Bertz CT molecular complexity index is 1270. The molecule has 1 aliphatic heterocycles. The third-order valence-corrected chi connectivity index (χ3v) is 8.06. The maximum Gasteiger partial charge on any atom is 0.295 e. The molecule has 1 saturated heterocycles. The largest absolute Gasteiger partial charge is 0.507 e. The number of ketones is 1. The number of aliphatic hydroxyl groups is 1. The molecule has 3 rings (SSSR count). The Kier molecular flexibility index (Phi) is 13.3. The van der Waals surface area contributed by atoms with Crippen LogP contribution in [0.1, 0.15) is 114 Å². The summed E-state index contributed by atoms with van der Waals surface area (Å²) in [5.74, 6) is -2.05. The van der Waals surface area contributed by atoms with E-state index in [0.717, 1.165) is 19.3 Å². The molecule has 0 spiro atoms. The summed E-state index contributed by atoms with van der Waals surface area (Å²) in [5.41, 5.74) is 0.161. The quantitative estimate of drug-likeness (QED) is 0.0430. The first-order chi connectivity index (χ1) is 20.8. The topological polar surface area (TPSA) is 144 Å². The van der Waals surface area contributed by atoms with Crippen LogP contribution >= 0.6 is 0 Å². The smallest absolute Gasteiger partial charge is 0.295 e. The normalized spacial score (nSPS) is 16.1. The van der Waals surface area contributed by atoms with E-state index < -0.39 is 33.3 Å². The lowest BCUT2D eigenvalue weighted by atomic mass is 9.95. The number of amides is 1. The first-order valence-corrected chi connectivity index (χ1v) is 15.5. The van der Waals surface area contributed by atoms with Crippen molar-refractivity contribution in [1.29, 1.82) is 0 Å². The molecule has 1 aliphatic rings. The Labute approximate surface area is 253 Å². The highest BCUT2D eigenvalue weighted by Gasteiger charge is 2.45. The van der Waals surface area contributed by atoms with Gasteiger partial charge in [0.1, 0.15) is 5.76 Å². The van der Waals surface area contributed by atoms with E-state index in [-0.39, 0.29) is 22.5 Å². The van der Waals surface area contributed by atoms with Crippen molar-refractivity contribution in [3.8, 4) is 0 Å². The van der Waals surface area contributed by atoms with Crippen LogP contribution in [-0.2, 0) is 9.59 Å². The van der Waals surface area contributed by atoms with Gasteiger partial charge in [-0.05, 0) is 36.2 Å². The van der Waals surface area contributed by atoms with Crippen molar-refractivity contribution in [2.24, 2.45) is 0 Å². The van der Waals surface area contributed by atoms with E-state index in [0.29, 0.717) is 18.5 Å². The minimum Gasteiger partial charge on any atom is -0.507 e. The highest BCUT2D eigenvalue weighted by molar-refractivity contribution is 6.46. The number of non-ortho nitro benzene ring substituents is 2. The number of nitro groups is 2. The van der Waals surface area contributed by atoms with Crippen molar-refractivity contribution in [3.63, 3.8) is 0 Å². The number of aliphatic hydroxyl groups excluding tert-OH is 1. The first-order valence-electron chi connectivity index (χ1n) is 15.5. The lowest BCUT2D eigenvalue weighted by Crippen LogP contribution is -2.30. The number of likely N-dealkylation sites (tertiary alicyclic amines) is 1. The lowest BCUT2D eigenvalue weighted by molar-refractivity contribution is -0.385. The fraction of sp³-hybridized carbons (Fsp3) is 0.515. The van der Waals surface area contributed by atoms with Crippen molar-refractivity contribution < 1.29 is 24.5 Å². The van der Waals surface area contributed by atoms with Gasteiger partial charge in [-0.2, -0.15) is 0 Å². The summed E-state index contributed by atoms with van der Waals surface area (Å²) < 4.78 is 0. The molecule has 2 aromatic rings. The second-order valence-electron chi connectivity index (χ2n) is 11.2. The molecule has 0 aromatic heterocycles. The van der Waals surface area contributed by atoms with E-state index in [4.69, 9.17) is 0 Å². The van der Waals surface area contributed by atoms with E-state index in [2.05, 4.69) is 6.92 Å². The average Bonchev–Trinajstić information content (AvgIpc) is 3.26. The molecule has 0 radical (unpaired) electrons. The molecule has 10 nitrogen and oxygen atoms in total. The molecule has 0 aliphatic carbocycles. The van der Waals surface area contributed by atoms with E-state index in [9.17, 15) is 34.9 Å². The van der Waals surface area contributed by atoms with Gasteiger partial charge in [0.05, 0.1) is 21.5 Å². The minimum absolute atomic E-state index is 0.136. The number of carbonyl (C=O) groups excluding carboxylic acids is 2. The molecule has 1 N–H and O–H groups in total. The maximum absolute atomic E-state index is 13.2. The summed E-state index contributed by atoms with van der Waals surface area (Å²) >= 11 is 0. The molecule has 1 fully saturated rings. The molecule has 0 saturated carbocycles. The zero-order valence-corrected chi connectivity index (χ0v) is 25.0. The molecular formula is C33H43N3O7. The summed E-state index contributed by atoms with van der Waals surface area (Å²) in [6, 6.07) is 9.69. The maximum atomic E-state index is 13.2. The van der Waals surface area contributed by atoms with E-state index in [1.807, 2.05) is 0 Å². The molecular weight excluding hydrogens is 550 g/mol. The van der Waals surface area contributed by atoms with Gasteiger partial charge < -0.3 is 10.0 Å². The first kappa shape index (κ1) is 33.4. The van der Waals surface area contributed by atoms with Gasteiger partial charge >= 0.3 is 0 Å². The van der Waals surface area contributed by atoms with Gasteiger partial charge in [0.2, 0.25) is 0 Å². The summed E-state index contributed by atoms with van der Waals surface area (Å²) in [6.45, 7) is 2.53. The van der Waals surface area contributed by atoms with Gasteiger partial charge in [-0.3, -0.25) is 29.8 Å². The van der Waals surface area contributed by atoms with Crippen LogP contribution in [0, 0.1) is 20.2 Å². The van der Waals surface area contributed by atoms with Gasteiger partial charge in [0, 0.05) is 36.4 Å². The fourth-order valence-electron chi connectivity index (χ4n) is 5.61. The van der Waals surface area contributed by atoms with Crippen molar-refractivity contribution in [3.05, 3.63) is 85.5 Å².